The Balaban J connectivity index is 2.30. The molecular weight excluding hydrogens is 271 g/mol. The van der Waals surface area contributed by atoms with Crippen LogP contribution in [0.4, 0.5) is 4.39 Å². The molecule has 0 saturated heterocycles. The van der Waals surface area contributed by atoms with E-state index in [4.69, 9.17) is 12.2 Å². The molecule has 0 saturated carbocycles. The zero-order valence-corrected chi connectivity index (χ0v) is 13.1. The van der Waals surface area contributed by atoms with Crippen molar-refractivity contribution >= 4 is 28.9 Å². The van der Waals surface area contributed by atoms with E-state index in [1.54, 1.807) is 13.0 Å². The fraction of sp³-hybridized carbons (Fsp3) is 0.438. The Hall–Kier alpha value is -1.42. The van der Waals surface area contributed by atoms with Gasteiger partial charge in [0, 0.05) is 17.2 Å². The number of hydrogen-bond acceptors (Lipinski definition) is 1. The number of benzene rings is 1. The van der Waals surface area contributed by atoms with Gasteiger partial charge in [0.25, 0.3) is 0 Å². The summed E-state index contributed by atoms with van der Waals surface area (Å²) >= 11 is 5.46. The number of allylic oxidation sites excluding steroid dienone is 2. The molecule has 1 N–H and O–H groups in total. The van der Waals surface area contributed by atoms with Gasteiger partial charge in [-0.2, -0.15) is 0 Å². The molecule has 1 aliphatic carbocycles. The number of nitrogens with zero attached hydrogens (tertiary/aromatic N) is 1. The van der Waals surface area contributed by atoms with Gasteiger partial charge in [-0.15, -0.1) is 0 Å². The molecular formula is C16H19FN2S. The summed E-state index contributed by atoms with van der Waals surface area (Å²) in [6, 6.07) is 3.40. The van der Waals surface area contributed by atoms with E-state index >= 15 is 0 Å². The molecule has 1 aromatic heterocycles. The lowest BCUT2D eigenvalue weighted by atomic mass is 9.81. The molecule has 1 atom stereocenters. The van der Waals surface area contributed by atoms with Crippen LogP contribution in [0.25, 0.3) is 16.7 Å². The molecule has 3 rings (SSSR count). The van der Waals surface area contributed by atoms with E-state index in [1.165, 1.54) is 5.70 Å². The number of fused-ring (bicyclic) bond motifs is 1. The maximum Gasteiger partial charge on any atom is 0.182 e. The molecule has 20 heavy (non-hydrogen) atoms. The first-order chi connectivity index (χ1) is 9.32. The van der Waals surface area contributed by atoms with Crippen LogP contribution < -0.4 is 0 Å². The van der Waals surface area contributed by atoms with Crippen molar-refractivity contribution in [3.8, 4) is 0 Å². The van der Waals surface area contributed by atoms with Crippen LogP contribution >= 0.6 is 12.2 Å². The van der Waals surface area contributed by atoms with Crippen LogP contribution in [0.5, 0.6) is 0 Å². The van der Waals surface area contributed by atoms with E-state index in [-0.39, 0.29) is 11.2 Å². The normalized spacial score (nSPS) is 21.4. The number of aryl methyl sites for hydroxylation is 1. The molecule has 0 aliphatic heterocycles. The highest BCUT2D eigenvalue weighted by molar-refractivity contribution is 7.71. The van der Waals surface area contributed by atoms with E-state index in [2.05, 4.69) is 31.8 Å². The van der Waals surface area contributed by atoms with E-state index in [0.29, 0.717) is 16.3 Å². The van der Waals surface area contributed by atoms with Gasteiger partial charge in [-0.1, -0.05) is 26.8 Å². The van der Waals surface area contributed by atoms with Crippen molar-refractivity contribution in [3.63, 3.8) is 0 Å². The molecule has 1 aliphatic rings. The van der Waals surface area contributed by atoms with Gasteiger partial charge in [0.15, 0.2) is 4.77 Å². The lowest BCUT2D eigenvalue weighted by Crippen LogP contribution is -2.21. The number of rotatable bonds is 1. The fourth-order valence-electron chi connectivity index (χ4n) is 2.95. The maximum atomic E-state index is 13.9. The summed E-state index contributed by atoms with van der Waals surface area (Å²) in [5, 5.41) is 0. The molecule has 1 aromatic carbocycles. The standard InChI is InChI=1S/C16H19FN2S/c1-9-7-12-13(8-11(9)17)19(15(20)18-12)14-6-5-10(2)16(14,3)4/h6-8,10H,5H2,1-4H3,(H,18,20). The number of halogens is 1. The minimum Gasteiger partial charge on any atom is -0.330 e. The lowest BCUT2D eigenvalue weighted by Gasteiger charge is -2.29. The second kappa shape index (κ2) is 4.29. The van der Waals surface area contributed by atoms with Gasteiger partial charge in [-0.3, -0.25) is 4.57 Å². The molecule has 2 nitrogen and oxygen atoms in total. The quantitative estimate of drug-likeness (QED) is 0.729. The Morgan fingerprint density at radius 3 is 2.70 bits per heavy atom. The third-order valence-electron chi connectivity index (χ3n) is 4.76. The van der Waals surface area contributed by atoms with Gasteiger partial charge < -0.3 is 4.98 Å². The van der Waals surface area contributed by atoms with Crippen molar-refractivity contribution in [2.75, 3.05) is 0 Å². The van der Waals surface area contributed by atoms with E-state index in [9.17, 15) is 4.39 Å². The molecule has 0 bridgehead atoms. The number of aromatic amines is 1. The van der Waals surface area contributed by atoms with Crippen molar-refractivity contribution in [3.05, 3.63) is 34.4 Å². The van der Waals surface area contributed by atoms with Crippen molar-refractivity contribution in [1.82, 2.24) is 9.55 Å². The molecule has 0 fully saturated rings. The third kappa shape index (κ3) is 1.78. The summed E-state index contributed by atoms with van der Waals surface area (Å²) in [7, 11) is 0. The SMILES string of the molecule is Cc1cc2[nH]c(=S)n(C3=CCC(C)C3(C)C)c2cc1F. The predicted octanol–water partition coefficient (Wildman–Crippen LogP) is 5.05. The van der Waals surface area contributed by atoms with E-state index < -0.39 is 0 Å². The highest BCUT2D eigenvalue weighted by Gasteiger charge is 2.36. The molecule has 1 heterocycles. The van der Waals surface area contributed by atoms with Crippen LogP contribution in [0.15, 0.2) is 18.2 Å². The molecule has 0 spiro atoms. The van der Waals surface area contributed by atoms with Crippen LogP contribution in [-0.4, -0.2) is 9.55 Å². The van der Waals surface area contributed by atoms with Crippen molar-refractivity contribution in [2.24, 2.45) is 11.3 Å². The van der Waals surface area contributed by atoms with Crippen molar-refractivity contribution in [1.29, 1.82) is 0 Å². The highest BCUT2D eigenvalue weighted by atomic mass is 32.1. The minimum atomic E-state index is -0.190. The Bertz CT molecular complexity index is 780. The fourth-order valence-corrected chi connectivity index (χ4v) is 3.26. The van der Waals surface area contributed by atoms with Crippen molar-refractivity contribution < 1.29 is 4.39 Å². The molecule has 106 valence electrons. The molecule has 2 aromatic rings. The largest absolute Gasteiger partial charge is 0.330 e. The second-order valence-corrected chi connectivity index (χ2v) is 6.72. The Labute approximate surface area is 123 Å². The predicted molar refractivity (Wildman–Crippen MR) is 83.7 cm³/mol. The van der Waals surface area contributed by atoms with Crippen LogP contribution in [0.3, 0.4) is 0 Å². The summed E-state index contributed by atoms with van der Waals surface area (Å²) in [6.07, 6.45) is 3.26. The number of hydrogen-bond donors (Lipinski definition) is 1. The molecule has 0 amide bonds. The van der Waals surface area contributed by atoms with Gasteiger partial charge >= 0.3 is 0 Å². The third-order valence-corrected chi connectivity index (χ3v) is 5.05. The monoisotopic (exact) mass is 290 g/mol. The van der Waals surface area contributed by atoms with Crippen LogP contribution in [-0.2, 0) is 0 Å². The zero-order chi connectivity index (χ0) is 14.7. The van der Waals surface area contributed by atoms with Gasteiger partial charge in [-0.25, -0.2) is 4.39 Å². The van der Waals surface area contributed by atoms with Crippen LogP contribution in [0.2, 0.25) is 0 Å². The highest BCUT2D eigenvalue weighted by Crippen LogP contribution is 2.46. The smallest absolute Gasteiger partial charge is 0.182 e. The molecule has 0 radical (unpaired) electrons. The number of imidazole rings is 1. The van der Waals surface area contributed by atoms with Crippen LogP contribution in [0.1, 0.15) is 32.8 Å². The number of aromatic nitrogens is 2. The summed E-state index contributed by atoms with van der Waals surface area (Å²) in [5.74, 6) is 0.365. The maximum absolute atomic E-state index is 13.9. The van der Waals surface area contributed by atoms with Gasteiger partial charge in [0.1, 0.15) is 5.82 Å². The second-order valence-electron chi connectivity index (χ2n) is 6.33. The number of nitrogens with one attached hydrogen (secondary N) is 1. The molecule has 1 unspecified atom stereocenters. The Morgan fingerprint density at radius 1 is 1.40 bits per heavy atom. The Morgan fingerprint density at radius 2 is 2.10 bits per heavy atom. The summed E-state index contributed by atoms with van der Waals surface area (Å²) in [4.78, 5) is 3.19. The minimum absolute atomic E-state index is 0.0364. The van der Waals surface area contributed by atoms with E-state index in [0.717, 1.165) is 17.5 Å². The zero-order valence-electron chi connectivity index (χ0n) is 12.2. The Kier molecular flexibility index (Phi) is 2.91. The topological polar surface area (TPSA) is 20.7 Å². The van der Waals surface area contributed by atoms with Gasteiger partial charge in [0.05, 0.1) is 11.0 Å². The van der Waals surface area contributed by atoms with E-state index in [1.807, 2.05) is 10.6 Å². The average molecular weight is 290 g/mol. The first kappa shape index (κ1) is 13.6. The first-order valence-electron chi connectivity index (χ1n) is 6.94. The summed E-state index contributed by atoms with van der Waals surface area (Å²) < 4.78 is 16.5. The summed E-state index contributed by atoms with van der Waals surface area (Å²) in [6.45, 7) is 8.46. The number of H-pyrrole nitrogens is 1. The van der Waals surface area contributed by atoms with Crippen LogP contribution in [0, 0.1) is 28.8 Å². The summed E-state index contributed by atoms with van der Waals surface area (Å²) in [5.41, 5.74) is 3.56. The average Bonchev–Trinajstić information content (AvgIpc) is 2.79. The van der Waals surface area contributed by atoms with Crippen molar-refractivity contribution in [2.45, 2.75) is 34.1 Å². The van der Waals surface area contributed by atoms with Gasteiger partial charge in [-0.05, 0) is 43.1 Å². The lowest BCUT2D eigenvalue weighted by molar-refractivity contribution is 0.338. The van der Waals surface area contributed by atoms with Gasteiger partial charge in [0.2, 0.25) is 0 Å². The molecule has 4 heteroatoms. The first-order valence-corrected chi connectivity index (χ1v) is 7.35.